The molecule has 236 valence electrons. The second-order valence-electron chi connectivity index (χ2n) is 14.9. The van der Waals surface area contributed by atoms with Gasteiger partial charge in [0.05, 0.1) is 35.9 Å². The van der Waals surface area contributed by atoms with Crippen molar-refractivity contribution in [1.82, 2.24) is 34.0 Å². The Hall–Kier alpha value is -3.83. The number of carbonyl (C=O) groups is 1. The number of amides is 1. The minimum absolute atomic E-state index is 0.335. The average Bonchev–Trinajstić information content (AvgIpc) is 3.26. The molecular formula is C34H43N7O3Si. The van der Waals surface area contributed by atoms with Crippen molar-refractivity contribution in [2.45, 2.75) is 97.7 Å². The number of fused-ring (bicyclic) bond motifs is 4. The molecule has 10 nitrogen and oxygen atoms in total. The first-order chi connectivity index (χ1) is 21.3. The van der Waals surface area contributed by atoms with Crippen LogP contribution in [-0.2, 0) is 35.8 Å². The van der Waals surface area contributed by atoms with Gasteiger partial charge in [-0.2, -0.15) is 0 Å². The minimum atomic E-state index is -1.26. The zero-order valence-electron chi connectivity index (χ0n) is 27.4. The third kappa shape index (κ3) is 5.95. The summed E-state index contributed by atoms with van der Waals surface area (Å²) in [6.07, 6.45) is 2.75. The molecule has 2 aliphatic heterocycles. The van der Waals surface area contributed by atoms with Crippen LogP contribution in [-0.4, -0.2) is 60.3 Å². The van der Waals surface area contributed by atoms with E-state index in [1.54, 1.807) is 4.90 Å². The lowest BCUT2D eigenvalue weighted by Crippen LogP contribution is -2.34. The number of nitrogens with zero attached hydrogens (tertiary/aromatic N) is 7. The molecule has 45 heavy (non-hydrogen) atoms. The lowest BCUT2D eigenvalue weighted by molar-refractivity contribution is 0.0232. The number of imidazole rings is 2. The fraction of sp³-hybridized carbons (Fsp3) is 0.500. The van der Waals surface area contributed by atoms with E-state index in [1.807, 2.05) is 52.1 Å². The highest BCUT2D eigenvalue weighted by Crippen LogP contribution is 2.55. The highest BCUT2D eigenvalue weighted by atomic mass is 28.3. The first kappa shape index (κ1) is 29.9. The van der Waals surface area contributed by atoms with E-state index in [4.69, 9.17) is 29.4 Å². The predicted octanol–water partition coefficient (Wildman–Crippen LogP) is 6.86. The Morgan fingerprint density at radius 1 is 1.07 bits per heavy atom. The van der Waals surface area contributed by atoms with Crippen LogP contribution >= 0.6 is 0 Å². The Morgan fingerprint density at radius 2 is 1.89 bits per heavy atom. The number of aromatic nitrogens is 6. The van der Waals surface area contributed by atoms with E-state index in [9.17, 15) is 4.79 Å². The van der Waals surface area contributed by atoms with Gasteiger partial charge in [-0.3, -0.25) is 14.9 Å². The van der Waals surface area contributed by atoms with Gasteiger partial charge in [-0.1, -0.05) is 25.7 Å². The van der Waals surface area contributed by atoms with Crippen LogP contribution in [0.4, 0.5) is 4.79 Å². The molecule has 1 fully saturated rings. The molecule has 1 amide bonds. The topological polar surface area (TPSA) is 100 Å². The maximum atomic E-state index is 12.9. The summed E-state index contributed by atoms with van der Waals surface area (Å²) in [5.74, 6) is 3.16. The van der Waals surface area contributed by atoms with Gasteiger partial charge in [-0.25, -0.2) is 14.8 Å². The fourth-order valence-corrected chi connectivity index (χ4v) is 7.12. The summed E-state index contributed by atoms with van der Waals surface area (Å²) in [5.41, 5.74) is 6.93. The predicted molar refractivity (Wildman–Crippen MR) is 175 cm³/mol. The minimum Gasteiger partial charge on any atom is -0.444 e. The lowest BCUT2D eigenvalue weighted by Gasteiger charge is -2.24. The van der Waals surface area contributed by atoms with Crippen LogP contribution < -0.4 is 0 Å². The van der Waals surface area contributed by atoms with Crippen LogP contribution in [0.5, 0.6) is 0 Å². The summed E-state index contributed by atoms with van der Waals surface area (Å²) >= 11 is 0. The standard InChI is InChI=1S/C34H43N7O3Si/c1-21-9-8-10-25(36-21)29-30(40-17-23-15-24(23)31(40)38-29)22-11-12-35-26(16-22)32-37-27-18-39(33(42)44-34(2,3)4)19-28(27)41(32)20-43-13-14-45(5,6)7/h8-12,16,23-24H,13-15,17-20H2,1-7H3. The van der Waals surface area contributed by atoms with Gasteiger partial charge in [0, 0.05) is 44.6 Å². The first-order valence-corrected chi connectivity index (χ1v) is 19.7. The summed E-state index contributed by atoms with van der Waals surface area (Å²) in [4.78, 5) is 34.6. The van der Waals surface area contributed by atoms with Crippen molar-refractivity contribution in [2.24, 2.45) is 5.92 Å². The summed E-state index contributed by atoms with van der Waals surface area (Å²) in [5, 5.41) is 0. The number of carbonyl (C=O) groups excluding carboxylic acids is 1. The van der Waals surface area contributed by atoms with Crippen molar-refractivity contribution in [2.75, 3.05) is 6.61 Å². The molecule has 0 saturated heterocycles. The molecule has 4 aromatic rings. The van der Waals surface area contributed by atoms with Crippen molar-refractivity contribution in [3.05, 3.63) is 59.4 Å². The summed E-state index contributed by atoms with van der Waals surface area (Å²) in [6.45, 7) is 17.5. The molecule has 0 N–H and O–H groups in total. The van der Waals surface area contributed by atoms with E-state index in [0.717, 1.165) is 63.8 Å². The van der Waals surface area contributed by atoms with Gasteiger partial charge in [-0.05, 0) is 70.3 Å². The monoisotopic (exact) mass is 625 g/mol. The van der Waals surface area contributed by atoms with E-state index in [0.29, 0.717) is 38.3 Å². The zero-order chi connectivity index (χ0) is 31.7. The summed E-state index contributed by atoms with van der Waals surface area (Å²) < 4.78 is 16.4. The second-order valence-corrected chi connectivity index (χ2v) is 20.5. The SMILES string of the molecule is Cc1cccc(-c2nc3n(c2-c2ccnc(-c4nc5c(n4COCC[Si](C)(C)C)CN(C(=O)OC(C)(C)C)C5)c2)CC2CC32)n1. The number of hydrogen-bond acceptors (Lipinski definition) is 7. The van der Waals surface area contributed by atoms with Crippen LogP contribution in [0.25, 0.3) is 34.2 Å². The molecule has 7 rings (SSSR count). The molecule has 0 aromatic carbocycles. The van der Waals surface area contributed by atoms with Gasteiger partial charge in [0.15, 0.2) is 5.82 Å². The van der Waals surface area contributed by atoms with E-state index >= 15 is 0 Å². The molecule has 2 unspecified atom stereocenters. The Kier molecular flexibility index (Phi) is 7.24. The third-order valence-electron chi connectivity index (χ3n) is 8.77. The van der Waals surface area contributed by atoms with Crippen LogP contribution in [0, 0.1) is 12.8 Å². The van der Waals surface area contributed by atoms with Gasteiger partial charge >= 0.3 is 6.09 Å². The molecule has 1 saturated carbocycles. The highest BCUT2D eigenvalue weighted by molar-refractivity contribution is 6.76. The lowest BCUT2D eigenvalue weighted by atomic mass is 10.1. The summed E-state index contributed by atoms with van der Waals surface area (Å²) in [7, 11) is -1.26. The molecule has 2 atom stereocenters. The number of pyridine rings is 2. The molecule has 0 radical (unpaired) electrons. The average molecular weight is 626 g/mol. The van der Waals surface area contributed by atoms with E-state index in [2.05, 4.69) is 40.9 Å². The maximum absolute atomic E-state index is 12.9. The first-order valence-electron chi connectivity index (χ1n) is 16.0. The number of ether oxygens (including phenoxy) is 2. The number of rotatable bonds is 8. The van der Waals surface area contributed by atoms with Gasteiger partial charge in [-0.15, -0.1) is 0 Å². The highest BCUT2D eigenvalue weighted by Gasteiger charge is 2.48. The Labute approximate surface area is 265 Å². The van der Waals surface area contributed by atoms with Gasteiger partial charge in [0.2, 0.25) is 0 Å². The molecule has 0 bridgehead atoms. The van der Waals surface area contributed by atoms with E-state index in [-0.39, 0.29) is 6.09 Å². The normalized spacial score (nSPS) is 18.6. The number of aryl methyl sites for hydroxylation is 1. The quantitative estimate of drug-likeness (QED) is 0.156. The Morgan fingerprint density at radius 3 is 2.64 bits per heavy atom. The van der Waals surface area contributed by atoms with Crippen LogP contribution in [0.15, 0.2) is 36.5 Å². The van der Waals surface area contributed by atoms with E-state index < -0.39 is 13.7 Å². The van der Waals surface area contributed by atoms with Crippen LogP contribution in [0.2, 0.25) is 25.7 Å². The van der Waals surface area contributed by atoms with Crippen LogP contribution in [0.1, 0.15) is 56.0 Å². The van der Waals surface area contributed by atoms with Crippen molar-refractivity contribution in [1.29, 1.82) is 0 Å². The molecular weight excluding hydrogens is 583 g/mol. The van der Waals surface area contributed by atoms with Crippen molar-refractivity contribution in [3.63, 3.8) is 0 Å². The smallest absolute Gasteiger partial charge is 0.410 e. The van der Waals surface area contributed by atoms with Crippen molar-refractivity contribution >= 4 is 14.2 Å². The van der Waals surface area contributed by atoms with Gasteiger partial charge < -0.3 is 18.6 Å². The molecule has 3 aliphatic rings. The Bertz CT molecular complexity index is 1780. The third-order valence-corrected chi connectivity index (χ3v) is 10.5. The van der Waals surface area contributed by atoms with Crippen LogP contribution in [0.3, 0.4) is 0 Å². The molecule has 0 spiro atoms. The molecule has 1 aliphatic carbocycles. The van der Waals surface area contributed by atoms with Gasteiger partial charge in [0.1, 0.15) is 29.5 Å². The molecule has 6 heterocycles. The molecule has 4 aromatic heterocycles. The van der Waals surface area contributed by atoms with Crippen molar-refractivity contribution < 1.29 is 14.3 Å². The molecule has 11 heteroatoms. The zero-order valence-corrected chi connectivity index (χ0v) is 28.4. The van der Waals surface area contributed by atoms with Crippen molar-refractivity contribution in [3.8, 4) is 34.2 Å². The largest absolute Gasteiger partial charge is 0.444 e. The van der Waals surface area contributed by atoms with Gasteiger partial charge in [0.25, 0.3) is 0 Å². The fourth-order valence-electron chi connectivity index (χ4n) is 6.37. The summed E-state index contributed by atoms with van der Waals surface area (Å²) in [6, 6.07) is 11.4. The number of hydrogen-bond donors (Lipinski definition) is 0. The maximum Gasteiger partial charge on any atom is 0.410 e. The Balaban J connectivity index is 1.25. The van der Waals surface area contributed by atoms with E-state index in [1.165, 1.54) is 12.2 Å². The second kappa shape index (κ2) is 10.9.